The van der Waals surface area contributed by atoms with Crippen LogP contribution in [0.15, 0.2) is 5.73 Å². The Morgan fingerprint density at radius 1 is 0.565 bits per heavy atom. The second-order valence-electron chi connectivity index (χ2n) is 4.58. The molecule has 0 spiro atoms. The molecule has 0 aromatic carbocycles. The summed E-state index contributed by atoms with van der Waals surface area (Å²) in [5.74, 6) is 0. The fourth-order valence-electron chi connectivity index (χ4n) is 0.894. The fourth-order valence-corrected chi connectivity index (χ4v) is 0.894. The minimum atomic E-state index is 0. The maximum Gasteiger partial charge on any atom is 0 e. The van der Waals surface area contributed by atoms with Crippen LogP contribution in [-0.4, -0.2) is 20.5 Å². The first-order chi connectivity index (χ1) is 8.52. The van der Waals surface area contributed by atoms with Crippen LogP contribution < -0.4 is 0 Å². The number of hydroxylamine groups is 4. The monoisotopic (exact) mass is 624 g/mol. The fraction of sp³-hybridized carbons (Fsp3) is 0.533. The first-order valence-corrected chi connectivity index (χ1v) is 5.87. The standard InChI is InChI=1S/2C6H13NO.C3H2.4Y/c2*1-5(2)7(8)6(3)4;1-3-2;;;;/h2*8H,1-4H3;1-2H;;;;/q3*-2;;;;. The third-order valence-corrected chi connectivity index (χ3v) is 1.69. The van der Waals surface area contributed by atoms with Gasteiger partial charge in [0.2, 0.25) is 0 Å². The van der Waals surface area contributed by atoms with Gasteiger partial charge in [0.15, 0.2) is 0 Å². The van der Waals surface area contributed by atoms with E-state index in [1.54, 1.807) is 5.73 Å². The van der Waals surface area contributed by atoms with Crippen molar-refractivity contribution < 1.29 is 141 Å². The Kier molecular flexibility index (Phi) is 60.3. The van der Waals surface area contributed by atoms with Crippen molar-refractivity contribution in [2.24, 2.45) is 0 Å². The van der Waals surface area contributed by atoms with Crippen molar-refractivity contribution in [3.05, 3.63) is 43.1 Å². The zero-order valence-electron chi connectivity index (χ0n) is 15.8. The van der Waals surface area contributed by atoms with Gasteiger partial charge >= 0.3 is 0 Å². The smallest absolute Gasteiger partial charge is 0 e. The molecule has 0 atom stereocenters. The molecule has 0 bridgehead atoms. The van der Waals surface area contributed by atoms with Gasteiger partial charge in [-0.2, -0.15) is 55.4 Å². The van der Waals surface area contributed by atoms with Gasteiger partial charge in [0.05, 0.1) is 0 Å². The third-order valence-electron chi connectivity index (χ3n) is 1.69. The molecule has 128 valence electrons. The van der Waals surface area contributed by atoms with E-state index in [0.717, 1.165) is 24.2 Å². The molecule has 0 aromatic rings. The van der Waals surface area contributed by atoms with Gasteiger partial charge < -0.3 is 39.4 Å². The molecule has 4 radical (unpaired) electrons. The first-order valence-electron chi connectivity index (χ1n) is 5.87. The van der Waals surface area contributed by atoms with Crippen molar-refractivity contribution in [1.82, 2.24) is 10.1 Å². The van der Waals surface area contributed by atoms with Gasteiger partial charge in [0, 0.05) is 131 Å². The molecular formula is C15H28N2O2Y4-6. The largest absolute Gasteiger partial charge is 0.567 e. The van der Waals surface area contributed by atoms with Crippen LogP contribution in [0.2, 0.25) is 0 Å². The van der Waals surface area contributed by atoms with E-state index in [4.69, 9.17) is 10.4 Å². The van der Waals surface area contributed by atoms with Crippen LogP contribution in [0.1, 0.15) is 55.4 Å². The molecule has 0 saturated carbocycles. The summed E-state index contributed by atoms with van der Waals surface area (Å²) in [4.78, 5) is 0. The predicted molar refractivity (Wildman–Crippen MR) is 77.7 cm³/mol. The molecule has 23 heavy (non-hydrogen) atoms. The summed E-state index contributed by atoms with van der Waals surface area (Å²) >= 11 is 0. The van der Waals surface area contributed by atoms with Crippen LogP contribution in [0, 0.1) is 37.3 Å². The minimum absolute atomic E-state index is 0. The van der Waals surface area contributed by atoms with Crippen molar-refractivity contribution in [3.8, 4) is 0 Å². The van der Waals surface area contributed by atoms with Gasteiger partial charge in [0.1, 0.15) is 0 Å². The maximum atomic E-state index is 8.96. The van der Waals surface area contributed by atoms with E-state index < -0.39 is 0 Å². The average molecular weight is 624 g/mol. The third kappa shape index (κ3) is 37.3. The summed E-state index contributed by atoms with van der Waals surface area (Å²) in [7, 11) is 0. The van der Waals surface area contributed by atoms with Gasteiger partial charge in [-0.1, -0.05) is 0 Å². The SMILES string of the molecule is C[C-](C)N(O)[C-](C)C.C[C-](C)N(O)[C-](C)C.[CH-]=C=[CH-].[Y].[Y].[Y].[Y]. The Morgan fingerprint density at radius 2 is 0.652 bits per heavy atom. The van der Waals surface area contributed by atoms with Crippen LogP contribution in [-0.2, 0) is 131 Å². The van der Waals surface area contributed by atoms with Gasteiger partial charge in [-0.15, -0.1) is 0 Å². The molecule has 0 heterocycles. The van der Waals surface area contributed by atoms with Crippen molar-refractivity contribution in [2.75, 3.05) is 0 Å². The van der Waals surface area contributed by atoms with E-state index in [9.17, 15) is 0 Å². The van der Waals surface area contributed by atoms with Crippen molar-refractivity contribution in [1.29, 1.82) is 0 Å². The molecule has 4 nitrogen and oxygen atoms in total. The summed E-state index contributed by atoms with van der Waals surface area (Å²) in [6.45, 7) is 23.6. The minimum Gasteiger partial charge on any atom is -0.567 e. The summed E-state index contributed by atoms with van der Waals surface area (Å²) < 4.78 is 0. The molecule has 0 amide bonds. The van der Waals surface area contributed by atoms with Crippen molar-refractivity contribution >= 4 is 0 Å². The van der Waals surface area contributed by atoms with Crippen LogP contribution in [0.5, 0.6) is 0 Å². The second kappa shape index (κ2) is 30.5. The molecule has 0 fully saturated rings. The summed E-state index contributed by atoms with van der Waals surface area (Å²) in [6.07, 6.45) is 0. The molecule has 0 aliphatic heterocycles. The molecule has 0 unspecified atom stereocenters. The number of nitrogens with zero attached hydrogens (tertiary/aromatic N) is 2. The topological polar surface area (TPSA) is 46.9 Å². The Hall–Kier alpha value is 3.78. The molecule has 0 aliphatic rings. The number of hydrogen-bond donors (Lipinski definition) is 2. The van der Waals surface area contributed by atoms with E-state index >= 15 is 0 Å². The Bertz CT molecular complexity index is 202. The number of rotatable bonds is 4. The molecule has 0 aliphatic carbocycles. The van der Waals surface area contributed by atoms with Crippen molar-refractivity contribution in [3.63, 3.8) is 0 Å². The zero-order valence-corrected chi connectivity index (χ0v) is 27.1. The molecule has 8 heteroatoms. The van der Waals surface area contributed by atoms with Gasteiger partial charge in [-0.05, 0) is 0 Å². The number of hydrogen-bond acceptors (Lipinski definition) is 4. The normalized spacial score (nSPS) is 8.70. The second-order valence-corrected chi connectivity index (χ2v) is 4.58. The van der Waals surface area contributed by atoms with Gasteiger partial charge in [-0.3, -0.25) is 24.2 Å². The molecule has 0 aromatic heterocycles. The molecular weight excluding hydrogens is 596 g/mol. The predicted octanol–water partition coefficient (Wildman–Crippen LogP) is 4.20. The van der Waals surface area contributed by atoms with E-state index in [2.05, 4.69) is 13.2 Å². The van der Waals surface area contributed by atoms with Crippen LogP contribution >= 0.6 is 0 Å². The average Bonchev–Trinajstić information content (AvgIpc) is 2.28. The van der Waals surface area contributed by atoms with E-state index in [-0.39, 0.29) is 131 Å². The van der Waals surface area contributed by atoms with Gasteiger partial charge in [0.25, 0.3) is 0 Å². The summed E-state index contributed by atoms with van der Waals surface area (Å²) in [5.41, 5.74) is 1.75. The Morgan fingerprint density at radius 3 is 0.652 bits per heavy atom. The van der Waals surface area contributed by atoms with E-state index in [0.29, 0.717) is 0 Å². The molecule has 2 N–H and O–H groups in total. The van der Waals surface area contributed by atoms with Crippen LogP contribution in [0.3, 0.4) is 0 Å². The van der Waals surface area contributed by atoms with Crippen LogP contribution in [0.4, 0.5) is 0 Å². The van der Waals surface area contributed by atoms with Gasteiger partial charge in [-0.25, -0.2) is 0 Å². The summed E-state index contributed by atoms with van der Waals surface area (Å²) in [5, 5.41) is 20.3. The Balaban J connectivity index is -0.0000000331. The van der Waals surface area contributed by atoms with E-state index in [1.807, 2.05) is 55.4 Å². The quantitative estimate of drug-likeness (QED) is 0.280. The first kappa shape index (κ1) is 45.5. The molecule has 0 saturated heterocycles. The summed E-state index contributed by atoms with van der Waals surface area (Å²) in [6, 6.07) is 3.57. The maximum absolute atomic E-state index is 8.96. The van der Waals surface area contributed by atoms with Crippen LogP contribution in [0.25, 0.3) is 0 Å². The van der Waals surface area contributed by atoms with Crippen molar-refractivity contribution in [2.45, 2.75) is 55.4 Å². The Labute approximate surface area is 245 Å². The molecule has 0 rings (SSSR count). The van der Waals surface area contributed by atoms with E-state index in [1.165, 1.54) is 10.1 Å². The zero-order chi connectivity index (χ0) is 16.2.